The van der Waals surface area contributed by atoms with Gasteiger partial charge in [-0.2, -0.15) is 0 Å². The van der Waals surface area contributed by atoms with Gasteiger partial charge in [0.05, 0.1) is 0 Å². The number of amidine groups is 1. The molecule has 3 heteroatoms. The standard InChI is InChI=1S/C8H11BrN2/c1-6(9)5-11-8(10-2)7-3-4-7/h5,7H,2-4H2,1H3/b6-5+,11-8-. The smallest absolute Gasteiger partial charge is 0.130 e. The minimum Gasteiger partial charge on any atom is -0.249 e. The van der Waals surface area contributed by atoms with Gasteiger partial charge in [0.2, 0.25) is 0 Å². The van der Waals surface area contributed by atoms with Crippen LogP contribution in [0.2, 0.25) is 0 Å². The molecule has 0 heterocycles. The van der Waals surface area contributed by atoms with Crippen molar-refractivity contribution in [2.45, 2.75) is 19.8 Å². The van der Waals surface area contributed by atoms with E-state index in [-0.39, 0.29) is 0 Å². The maximum atomic E-state index is 4.18. The summed E-state index contributed by atoms with van der Waals surface area (Å²) in [5.74, 6) is 1.46. The molecule has 0 spiro atoms. The number of aliphatic imine (C=N–C) groups is 2. The van der Waals surface area contributed by atoms with E-state index in [1.807, 2.05) is 6.92 Å². The Bertz CT molecular complexity index is 210. The molecule has 0 radical (unpaired) electrons. The molecule has 1 saturated carbocycles. The van der Waals surface area contributed by atoms with Crippen LogP contribution in [0.1, 0.15) is 19.8 Å². The van der Waals surface area contributed by atoms with E-state index in [0.29, 0.717) is 5.92 Å². The Labute approximate surface area is 75.3 Å². The number of hydrogen-bond donors (Lipinski definition) is 0. The molecule has 1 aliphatic carbocycles. The Kier molecular flexibility index (Phi) is 3.00. The minimum absolute atomic E-state index is 0.579. The molecule has 11 heavy (non-hydrogen) atoms. The third-order valence-electron chi connectivity index (χ3n) is 1.48. The van der Waals surface area contributed by atoms with Gasteiger partial charge in [-0.25, -0.2) is 9.98 Å². The van der Waals surface area contributed by atoms with Gasteiger partial charge in [0.25, 0.3) is 0 Å². The zero-order valence-corrected chi connectivity index (χ0v) is 8.13. The fraction of sp³-hybridized carbons (Fsp3) is 0.500. The van der Waals surface area contributed by atoms with Crippen molar-refractivity contribution >= 4 is 28.5 Å². The lowest BCUT2D eigenvalue weighted by molar-refractivity contribution is 1.15. The number of rotatable bonds is 2. The molecule has 1 aliphatic rings. The topological polar surface area (TPSA) is 24.7 Å². The highest BCUT2D eigenvalue weighted by Crippen LogP contribution is 2.31. The average molecular weight is 215 g/mol. The van der Waals surface area contributed by atoms with Crippen molar-refractivity contribution in [3.05, 3.63) is 10.7 Å². The summed E-state index contributed by atoms with van der Waals surface area (Å²) in [7, 11) is 0. The second kappa shape index (κ2) is 3.81. The van der Waals surface area contributed by atoms with Crippen LogP contribution in [0, 0.1) is 5.92 Å². The zero-order valence-electron chi connectivity index (χ0n) is 6.55. The molecule has 0 saturated heterocycles. The molecule has 60 valence electrons. The van der Waals surface area contributed by atoms with Crippen LogP contribution in [-0.2, 0) is 0 Å². The summed E-state index contributed by atoms with van der Waals surface area (Å²) >= 11 is 3.29. The van der Waals surface area contributed by atoms with E-state index in [1.165, 1.54) is 12.8 Å². The zero-order chi connectivity index (χ0) is 8.27. The Balaban J connectivity index is 2.59. The van der Waals surface area contributed by atoms with E-state index in [2.05, 4.69) is 32.6 Å². The molecule has 0 unspecified atom stereocenters. The largest absolute Gasteiger partial charge is 0.249 e. The van der Waals surface area contributed by atoms with E-state index in [1.54, 1.807) is 6.20 Å². The molecule has 0 aliphatic heterocycles. The summed E-state index contributed by atoms with van der Waals surface area (Å²) in [6.45, 7) is 5.42. The maximum Gasteiger partial charge on any atom is 0.130 e. The lowest BCUT2D eigenvalue weighted by Gasteiger charge is -1.92. The molecular formula is C8H11BrN2. The number of halogens is 1. The van der Waals surface area contributed by atoms with E-state index < -0.39 is 0 Å². The van der Waals surface area contributed by atoms with Gasteiger partial charge >= 0.3 is 0 Å². The predicted octanol–water partition coefficient (Wildman–Crippen LogP) is 2.75. The van der Waals surface area contributed by atoms with Crippen molar-refractivity contribution in [1.82, 2.24) is 0 Å². The number of hydrogen-bond acceptors (Lipinski definition) is 1. The van der Waals surface area contributed by atoms with Gasteiger partial charge in [0.1, 0.15) is 5.84 Å². The highest BCUT2D eigenvalue weighted by Gasteiger charge is 2.26. The van der Waals surface area contributed by atoms with E-state index in [4.69, 9.17) is 0 Å². The molecule has 1 fully saturated rings. The summed E-state index contributed by atoms with van der Waals surface area (Å²) in [6, 6.07) is 0. The fourth-order valence-corrected chi connectivity index (χ4v) is 0.874. The summed E-state index contributed by atoms with van der Waals surface area (Å²) < 4.78 is 1.01. The lowest BCUT2D eigenvalue weighted by Crippen LogP contribution is -1.93. The Hall–Kier alpha value is -0.440. The molecule has 0 N–H and O–H groups in total. The Morgan fingerprint density at radius 3 is 2.64 bits per heavy atom. The first-order chi connectivity index (χ1) is 5.24. The third kappa shape index (κ3) is 2.97. The van der Waals surface area contributed by atoms with Gasteiger partial charge in [0.15, 0.2) is 0 Å². The SMILES string of the molecule is C=N/C(=N\C=C(/C)Br)C1CC1. The first-order valence-corrected chi connectivity index (χ1v) is 4.40. The van der Waals surface area contributed by atoms with E-state index in [0.717, 1.165) is 10.3 Å². The highest BCUT2D eigenvalue weighted by molar-refractivity contribution is 9.11. The summed E-state index contributed by atoms with van der Waals surface area (Å²) in [4.78, 5) is 8.04. The maximum absolute atomic E-state index is 4.18. The molecule has 2 nitrogen and oxygen atoms in total. The van der Waals surface area contributed by atoms with Crippen molar-refractivity contribution in [3.63, 3.8) is 0 Å². The molecular weight excluding hydrogens is 204 g/mol. The molecule has 0 aromatic carbocycles. The molecule has 0 atom stereocenters. The molecule has 0 aromatic heterocycles. The third-order valence-corrected chi connectivity index (χ3v) is 1.68. The van der Waals surface area contributed by atoms with Gasteiger partial charge in [-0.05, 0) is 26.5 Å². The average Bonchev–Trinajstić information content (AvgIpc) is 2.72. The summed E-state index contributed by atoms with van der Waals surface area (Å²) in [6.07, 6.45) is 4.20. The van der Waals surface area contributed by atoms with Gasteiger partial charge in [0, 0.05) is 16.6 Å². The summed E-state index contributed by atoms with van der Waals surface area (Å²) in [5.41, 5.74) is 0. The predicted molar refractivity (Wildman–Crippen MR) is 52.4 cm³/mol. The van der Waals surface area contributed by atoms with Crippen LogP contribution < -0.4 is 0 Å². The van der Waals surface area contributed by atoms with Gasteiger partial charge in [-0.1, -0.05) is 15.9 Å². The second-order valence-corrected chi connectivity index (χ2v) is 3.89. The second-order valence-electron chi connectivity index (χ2n) is 2.64. The molecule has 0 amide bonds. The normalized spacial score (nSPS) is 20.2. The number of allylic oxidation sites excluding steroid dienone is 1. The van der Waals surface area contributed by atoms with Crippen LogP contribution in [0.4, 0.5) is 0 Å². The van der Waals surface area contributed by atoms with Crippen LogP contribution in [0.15, 0.2) is 20.7 Å². The van der Waals surface area contributed by atoms with Crippen molar-refractivity contribution in [1.29, 1.82) is 0 Å². The van der Waals surface area contributed by atoms with Crippen molar-refractivity contribution in [3.8, 4) is 0 Å². The van der Waals surface area contributed by atoms with Crippen LogP contribution in [-0.4, -0.2) is 12.6 Å². The van der Waals surface area contributed by atoms with Crippen LogP contribution in [0.5, 0.6) is 0 Å². The molecule has 1 rings (SSSR count). The van der Waals surface area contributed by atoms with Crippen LogP contribution in [0.25, 0.3) is 0 Å². The monoisotopic (exact) mass is 214 g/mol. The van der Waals surface area contributed by atoms with E-state index in [9.17, 15) is 0 Å². The fourth-order valence-electron chi connectivity index (χ4n) is 0.772. The van der Waals surface area contributed by atoms with Crippen LogP contribution >= 0.6 is 15.9 Å². The Morgan fingerprint density at radius 1 is 1.64 bits per heavy atom. The highest BCUT2D eigenvalue weighted by atomic mass is 79.9. The van der Waals surface area contributed by atoms with Gasteiger partial charge in [-0.3, -0.25) is 0 Å². The van der Waals surface area contributed by atoms with Crippen LogP contribution in [0.3, 0.4) is 0 Å². The van der Waals surface area contributed by atoms with Crippen molar-refractivity contribution < 1.29 is 0 Å². The summed E-state index contributed by atoms with van der Waals surface area (Å²) in [5, 5.41) is 0. The molecule has 0 aromatic rings. The van der Waals surface area contributed by atoms with Gasteiger partial charge in [-0.15, -0.1) is 0 Å². The number of nitrogens with zero attached hydrogens (tertiary/aromatic N) is 2. The van der Waals surface area contributed by atoms with Crippen molar-refractivity contribution in [2.75, 3.05) is 0 Å². The van der Waals surface area contributed by atoms with E-state index >= 15 is 0 Å². The van der Waals surface area contributed by atoms with Gasteiger partial charge < -0.3 is 0 Å². The Morgan fingerprint density at radius 2 is 2.27 bits per heavy atom. The van der Waals surface area contributed by atoms with Crippen molar-refractivity contribution in [2.24, 2.45) is 15.9 Å². The molecule has 0 bridgehead atoms. The lowest BCUT2D eigenvalue weighted by atomic mass is 10.4. The first-order valence-electron chi connectivity index (χ1n) is 3.60. The minimum atomic E-state index is 0.579. The quantitative estimate of drug-likeness (QED) is 0.499. The first kappa shape index (κ1) is 8.65.